The van der Waals surface area contributed by atoms with Crippen LogP contribution in [0, 0.1) is 0 Å². The highest BCUT2D eigenvalue weighted by atomic mass is 32.2. The molecule has 32 heavy (non-hydrogen) atoms. The van der Waals surface area contributed by atoms with E-state index in [-0.39, 0.29) is 16.8 Å². The maximum atomic E-state index is 12.9. The number of piperidine rings is 1. The third-order valence-electron chi connectivity index (χ3n) is 6.00. The number of benzene rings is 2. The van der Waals surface area contributed by atoms with Gasteiger partial charge in [-0.15, -0.1) is 11.3 Å². The van der Waals surface area contributed by atoms with Crippen LogP contribution in [0.4, 0.5) is 5.69 Å². The van der Waals surface area contributed by atoms with Crippen LogP contribution >= 0.6 is 11.3 Å². The number of carbonyl (C=O) groups excluding carboxylic acids is 1. The van der Waals surface area contributed by atoms with Gasteiger partial charge < -0.3 is 5.32 Å². The van der Waals surface area contributed by atoms with Crippen molar-refractivity contribution in [2.75, 3.05) is 32.5 Å². The van der Waals surface area contributed by atoms with Gasteiger partial charge >= 0.3 is 0 Å². The van der Waals surface area contributed by atoms with Gasteiger partial charge in [0, 0.05) is 25.7 Å². The molecule has 9 heteroatoms. The third-order valence-corrected chi connectivity index (χ3v) is 9.01. The molecule has 1 saturated heterocycles. The number of thiazole rings is 1. The summed E-state index contributed by atoms with van der Waals surface area (Å²) >= 11 is 1.77. The number of nitrogens with one attached hydrogen (secondary N) is 1. The maximum Gasteiger partial charge on any atom is 0.242 e. The number of amides is 1. The van der Waals surface area contributed by atoms with Crippen LogP contribution < -0.4 is 5.32 Å². The van der Waals surface area contributed by atoms with Crippen molar-refractivity contribution in [2.24, 2.45) is 0 Å². The standard InChI is InChI=1S/C23H28N4O3S2/c1-16(22(28)24-18-7-6-8-19(15-18)32(29,30)26(2)3)27-13-11-17(12-14-27)23-25-20-9-4-5-10-21(20)31-23/h4-10,15-17H,11-14H2,1-3H3,(H,24,28). The summed E-state index contributed by atoms with van der Waals surface area (Å²) in [5.41, 5.74) is 1.54. The molecule has 1 aliphatic rings. The molecule has 2 aromatic carbocycles. The number of carbonyl (C=O) groups is 1. The Morgan fingerprint density at radius 1 is 1.16 bits per heavy atom. The number of anilines is 1. The van der Waals surface area contributed by atoms with E-state index in [2.05, 4.69) is 22.3 Å². The summed E-state index contributed by atoms with van der Waals surface area (Å²) in [6.07, 6.45) is 1.93. The van der Waals surface area contributed by atoms with Crippen LogP contribution in [0.1, 0.15) is 30.7 Å². The van der Waals surface area contributed by atoms with Crippen LogP contribution in [0.5, 0.6) is 0 Å². The molecule has 1 aromatic heterocycles. The summed E-state index contributed by atoms with van der Waals surface area (Å²) < 4.78 is 27.1. The number of para-hydroxylation sites is 1. The van der Waals surface area contributed by atoms with Crippen molar-refractivity contribution in [3.8, 4) is 0 Å². The highest BCUT2D eigenvalue weighted by Crippen LogP contribution is 2.34. The van der Waals surface area contributed by atoms with Crippen molar-refractivity contribution in [3.63, 3.8) is 0 Å². The molecule has 7 nitrogen and oxygen atoms in total. The summed E-state index contributed by atoms with van der Waals surface area (Å²) in [5, 5.41) is 4.06. The molecule has 3 aromatic rings. The van der Waals surface area contributed by atoms with Gasteiger partial charge in [0.1, 0.15) is 0 Å². The van der Waals surface area contributed by atoms with E-state index in [4.69, 9.17) is 4.98 Å². The number of likely N-dealkylation sites (tertiary alicyclic amines) is 1. The third kappa shape index (κ3) is 4.71. The monoisotopic (exact) mass is 472 g/mol. The highest BCUT2D eigenvalue weighted by Gasteiger charge is 2.29. The molecular formula is C23H28N4O3S2. The molecule has 1 aliphatic heterocycles. The van der Waals surface area contributed by atoms with E-state index >= 15 is 0 Å². The Morgan fingerprint density at radius 3 is 2.56 bits per heavy atom. The number of sulfonamides is 1. The summed E-state index contributed by atoms with van der Waals surface area (Å²) in [4.78, 5) is 20.0. The Labute approximate surface area is 193 Å². The average Bonchev–Trinajstić information content (AvgIpc) is 3.23. The fraction of sp³-hybridized carbons (Fsp3) is 0.391. The number of nitrogens with zero attached hydrogens (tertiary/aromatic N) is 3. The number of rotatable bonds is 6. The first-order valence-corrected chi connectivity index (χ1v) is 12.9. The SMILES string of the molecule is CC(C(=O)Nc1cccc(S(=O)(=O)N(C)C)c1)N1CCC(c2nc3ccccc3s2)CC1. The van der Waals surface area contributed by atoms with Crippen LogP contribution in [0.2, 0.25) is 0 Å². The molecule has 0 saturated carbocycles. The molecule has 1 amide bonds. The topological polar surface area (TPSA) is 82.6 Å². The largest absolute Gasteiger partial charge is 0.325 e. The second kappa shape index (κ2) is 9.27. The Bertz CT molecular complexity index is 1180. The lowest BCUT2D eigenvalue weighted by atomic mass is 9.96. The fourth-order valence-electron chi connectivity index (χ4n) is 3.96. The van der Waals surface area contributed by atoms with Gasteiger partial charge in [-0.3, -0.25) is 9.69 Å². The van der Waals surface area contributed by atoms with Gasteiger partial charge in [-0.1, -0.05) is 18.2 Å². The minimum absolute atomic E-state index is 0.136. The van der Waals surface area contributed by atoms with E-state index in [0.29, 0.717) is 11.6 Å². The summed E-state index contributed by atoms with van der Waals surface area (Å²) in [6, 6.07) is 14.3. The second-order valence-electron chi connectivity index (χ2n) is 8.31. The van der Waals surface area contributed by atoms with Gasteiger partial charge in [0.25, 0.3) is 0 Å². The molecule has 1 N–H and O–H groups in total. The highest BCUT2D eigenvalue weighted by molar-refractivity contribution is 7.89. The Kier molecular flexibility index (Phi) is 6.62. The van der Waals surface area contributed by atoms with Crippen molar-refractivity contribution in [2.45, 2.75) is 36.6 Å². The van der Waals surface area contributed by atoms with Crippen LogP contribution in [0.15, 0.2) is 53.4 Å². The Hall–Kier alpha value is -2.33. The smallest absolute Gasteiger partial charge is 0.242 e. The van der Waals surface area contributed by atoms with E-state index < -0.39 is 10.0 Å². The van der Waals surface area contributed by atoms with Crippen molar-refractivity contribution in [3.05, 3.63) is 53.5 Å². The first kappa shape index (κ1) is 22.8. The summed E-state index contributed by atoms with van der Waals surface area (Å²) in [7, 11) is -0.578. The van der Waals surface area contributed by atoms with Crippen molar-refractivity contribution >= 4 is 43.2 Å². The lowest BCUT2D eigenvalue weighted by molar-refractivity contribution is -0.121. The zero-order valence-electron chi connectivity index (χ0n) is 18.5. The summed E-state index contributed by atoms with van der Waals surface area (Å²) in [6.45, 7) is 3.54. The van der Waals surface area contributed by atoms with E-state index in [1.54, 1.807) is 23.5 Å². The molecule has 170 valence electrons. The predicted molar refractivity (Wildman–Crippen MR) is 129 cm³/mol. The molecule has 0 spiro atoms. The first-order valence-electron chi connectivity index (χ1n) is 10.7. The van der Waals surface area contributed by atoms with Gasteiger partial charge in [0.15, 0.2) is 0 Å². The van der Waals surface area contributed by atoms with Crippen LogP contribution in [-0.4, -0.2) is 61.7 Å². The molecule has 0 aliphatic carbocycles. The quantitative estimate of drug-likeness (QED) is 0.591. The zero-order valence-corrected chi connectivity index (χ0v) is 20.1. The van der Waals surface area contributed by atoms with Crippen molar-refractivity contribution in [1.82, 2.24) is 14.2 Å². The number of hydrogen-bond donors (Lipinski definition) is 1. The molecule has 0 radical (unpaired) electrons. The van der Waals surface area contributed by atoms with Crippen molar-refractivity contribution < 1.29 is 13.2 Å². The lowest BCUT2D eigenvalue weighted by Crippen LogP contribution is -2.45. The molecule has 2 heterocycles. The van der Waals surface area contributed by atoms with Gasteiger partial charge in [0.05, 0.1) is 26.2 Å². The normalized spacial score (nSPS) is 17.0. The zero-order chi connectivity index (χ0) is 22.9. The molecule has 4 rings (SSSR count). The Balaban J connectivity index is 1.37. The Morgan fingerprint density at radius 2 is 1.88 bits per heavy atom. The van der Waals surface area contributed by atoms with E-state index in [1.807, 2.05) is 19.1 Å². The molecule has 1 atom stereocenters. The maximum absolute atomic E-state index is 12.9. The van der Waals surface area contributed by atoms with Gasteiger partial charge in [-0.25, -0.2) is 17.7 Å². The van der Waals surface area contributed by atoms with Crippen molar-refractivity contribution in [1.29, 1.82) is 0 Å². The number of hydrogen-bond acceptors (Lipinski definition) is 6. The summed E-state index contributed by atoms with van der Waals surface area (Å²) in [5.74, 6) is 0.287. The van der Waals surface area contributed by atoms with Crippen LogP contribution in [0.25, 0.3) is 10.2 Å². The van der Waals surface area contributed by atoms with Gasteiger partial charge in [-0.2, -0.15) is 0 Å². The minimum Gasteiger partial charge on any atom is -0.325 e. The molecule has 1 fully saturated rings. The number of fused-ring (bicyclic) bond motifs is 1. The first-order chi connectivity index (χ1) is 15.3. The van der Waals surface area contributed by atoms with Crippen LogP contribution in [0.3, 0.4) is 0 Å². The lowest BCUT2D eigenvalue weighted by Gasteiger charge is -2.34. The predicted octanol–water partition coefficient (Wildman–Crippen LogP) is 3.75. The average molecular weight is 473 g/mol. The van der Waals surface area contributed by atoms with Gasteiger partial charge in [0.2, 0.25) is 15.9 Å². The van der Waals surface area contributed by atoms with E-state index in [9.17, 15) is 13.2 Å². The molecular weight excluding hydrogens is 444 g/mol. The fourth-order valence-corrected chi connectivity index (χ4v) is 6.04. The van der Waals surface area contributed by atoms with Crippen LogP contribution in [-0.2, 0) is 14.8 Å². The second-order valence-corrected chi connectivity index (χ2v) is 11.5. The number of aromatic nitrogens is 1. The van der Waals surface area contributed by atoms with E-state index in [1.165, 1.54) is 35.9 Å². The molecule has 0 bridgehead atoms. The van der Waals surface area contributed by atoms with Gasteiger partial charge in [-0.05, 0) is 63.2 Å². The van der Waals surface area contributed by atoms with E-state index in [0.717, 1.165) is 35.8 Å². The molecule has 1 unspecified atom stereocenters. The minimum atomic E-state index is -3.55.